The molecule has 2 aromatic rings. The summed E-state index contributed by atoms with van der Waals surface area (Å²) in [4.78, 5) is 15.9. The Morgan fingerprint density at radius 3 is 2.56 bits per heavy atom. The van der Waals surface area contributed by atoms with Gasteiger partial charge in [0.15, 0.2) is 0 Å². The van der Waals surface area contributed by atoms with Gasteiger partial charge in [0.25, 0.3) is 5.91 Å². The number of nitrogens with two attached hydrogens (primary N) is 2. The molecule has 92 valence electrons. The third-order valence-corrected chi connectivity index (χ3v) is 2.42. The van der Waals surface area contributed by atoms with Crippen molar-refractivity contribution in [3.63, 3.8) is 0 Å². The highest BCUT2D eigenvalue weighted by atomic mass is 16.1. The number of pyridine rings is 1. The van der Waals surface area contributed by atoms with Crippen LogP contribution in [0.25, 0.3) is 0 Å². The van der Waals surface area contributed by atoms with Gasteiger partial charge in [-0.3, -0.25) is 9.78 Å². The molecular weight excluding hydrogens is 228 g/mol. The first-order valence-corrected chi connectivity index (χ1v) is 5.48. The summed E-state index contributed by atoms with van der Waals surface area (Å²) in [7, 11) is 0. The van der Waals surface area contributed by atoms with E-state index in [0.717, 1.165) is 5.56 Å². The lowest BCUT2D eigenvalue weighted by Gasteiger charge is -2.06. The van der Waals surface area contributed by atoms with Crippen LogP contribution in [-0.2, 0) is 6.54 Å². The molecule has 0 atom stereocenters. The summed E-state index contributed by atoms with van der Waals surface area (Å²) < 4.78 is 0. The van der Waals surface area contributed by atoms with Crippen molar-refractivity contribution in [1.82, 2.24) is 10.3 Å². The summed E-state index contributed by atoms with van der Waals surface area (Å²) >= 11 is 0. The standard InChI is InChI=1S/C13H14N4O/c14-11-4-10(5-12(15)6-11)13(18)17-8-9-2-1-3-16-7-9/h1-7H,8,14-15H2,(H,17,18). The molecule has 0 bridgehead atoms. The van der Waals surface area contributed by atoms with Crippen molar-refractivity contribution in [1.29, 1.82) is 0 Å². The molecule has 0 saturated heterocycles. The number of carbonyl (C=O) groups excluding carboxylic acids is 1. The van der Waals surface area contributed by atoms with Crippen molar-refractivity contribution < 1.29 is 4.79 Å². The van der Waals surface area contributed by atoms with Crippen LogP contribution < -0.4 is 16.8 Å². The Bertz CT molecular complexity index is 534. The van der Waals surface area contributed by atoms with E-state index in [4.69, 9.17) is 11.5 Å². The Kier molecular flexibility index (Phi) is 3.43. The van der Waals surface area contributed by atoms with Gasteiger partial charge >= 0.3 is 0 Å². The normalized spacial score (nSPS) is 10.0. The minimum absolute atomic E-state index is 0.210. The number of benzene rings is 1. The number of aromatic nitrogens is 1. The van der Waals surface area contributed by atoms with Crippen molar-refractivity contribution in [2.24, 2.45) is 0 Å². The van der Waals surface area contributed by atoms with Gasteiger partial charge in [0, 0.05) is 35.9 Å². The fourth-order valence-electron chi connectivity index (χ4n) is 1.59. The summed E-state index contributed by atoms with van der Waals surface area (Å²) in [5.41, 5.74) is 13.6. The molecule has 5 heteroatoms. The lowest BCUT2D eigenvalue weighted by atomic mass is 10.1. The molecule has 0 aliphatic rings. The Balaban J connectivity index is 2.04. The lowest BCUT2D eigenvalue weighted by molar-refractivity contribution is 0.0951. The molecule has 0 saturated carbocycles. The van der Waals surface area contributed by atoms with E-state index in [1.54, 1.807) is 30.6 Å². The maximum absolute atomic E-state index is 11.9. The second-order valence-electron chi connectivity index (χ2n) is 3.93. The molecule has 0 spiro atoms. The number of nitrogen functional groups attached to an aromatic ring is 2. The summed E-state index contributed by atoms with van der Waals surface area (Å²) in [6.45, 7) is 0.418. The van der Waals surface area contributed by atoms with Crippen LogP contribution in [0.3, 0.4) is 0 Å². The van der Waals surface area contributed by atoms with Crippen molar-refractivity contribution in [3.05, 3.63) is 53.9 Å². The third kappa shape index (κ3) is 2.98. The first-order valence-electron chi connectivity index (χ1n) is 5.48. The molecule has 1 aromatic carbocycles. The number of hydrogen-bond acceptors (Lipinski definition) is 4. The first kappa shape index (κ1) is 11.9. The maximum atomic E-state index is 11.9. The van der Waals surface area contributed by atoms with Gasteiger partial charge in [-0.05, 0) is 29.8 Å². The molecule has 1 aromatic heterocycles. The molecular formula is C13H14N4O. The third-order valence-electron chi connectivity index (χ3n) is 2.42. The van der Waals surface area contributed by atoms with Crippen LogP contribution in [0.15, 0.2) is 42.7 Å². The van der Waals surface area contributed by atoms with E-state index in [9.17, 15) is 4.79 Å². The van der Waals surface area contributed by atoms with Crippen molar-refractivity contribution >= 4 is 17.3 Å². The lowest BCUT2D eigenvalue weighted by Crippen LogP contribution is -2.23. The number of nitrogens with one attached hydrogen (secondary N) is 1. The number of carbonyl (C=O) groups is 1. The Labute approximate surface area is 105 Å². The van der Waals surface area contributed by atoms with Gasteiger partial charge < -0.3 is 16.8 Å². The highest BCUT2D eigenvalue weighted by Gasteiger charge is 2.06. The molecule has 0 fully saturated rings. The summed E-state index contributed by atoms with van der Waals surface area (Å²) in [6.07, 6.45) is 3.39. The van der Waals surface area contributed by atoms with Crippen LogP contribution in [0, 0.1) is 0 Å². The van der Waals surface area contributed by atoms with Crippen molar-refractivity contribution in [2.45, 2.75) is 6.54 Å². The largest absolute Gasteiger partial charge is 0.399 e. The fourth-order valence-corrected chi connectivity index (χ4v) is 1.59. The van der Waals surface area contributed by atoms with Crippen LogP contribution in [0.5, 0.6) is 0 Å². The zero-order chi connectivity index (χ0) is 13.0. The monoisotopic (exact) mass is 242 g/mol. The minimum Gasteiger partial charge on any atom is -0.399 e. The highest BCUT2D eigenvalue weighted by molar-refractivity contribution is 5.96. The van der Waals surface area contributed by atoms with Crippen LogP contribution >= 0.6 is 0 Å². The molecule has 5 N–H and O–H groups in total. The molecule has 0 radical (unpaired) electrons. The topological polar surface area (TPSA) is 94.0 Å². The number of rotatable bonds is 3. The molecule has 0 aliphatic carbocycles. The molecule has 0 unspecified atom stereocenters. The second kappa shape index (κ2) is 5.18. The van der Waals surface area contributed by atoms with Gasteiger partial charge in [-0.15, -0.1) is 0 Å². The van der Waals surface area contributed by atoms with Crippen molar-refractivity contribution in [3.8, 4) is 0 Å². The fraction of sp³-hybridized carbons (Fsp3) is 0.0769. The van der Waals surface area contributed by atoms with E-state index in [0.29, 0.717) is 23.5 Å². The Morgan fingerprint density at radius 2 is 1.94 bits per heavy atom. The second-order valence-corrected chi connectivity index (χ2v) is 3.93. The molecule has 0 aliphatic heterocycles. The van der Waals surface area contributed by atoms with E-state index >= 15 is 0 Å². The summed E-state index contributed by atoms with van der Waals surface area (Å²) in [6, 6.07) is 8.50. The Hall–Kier alpha value is -2.56. The van der Waals surface area contributed by atoms with Crippen LogP contribution in [0.2, 0.25) is 0 Å². The van der Waals surface area contributed by atoms with Gasteiger partial charge in [-0.2, -0.15) is 0 Å². The first-order chi connectivity index (χ1) is 8.65. The quantitative estimate of drug-likeness (QED) is 0.704. The van der Waals surface area contributed by atoms with Crippen LogP contribution in [0.4, 0.5) is 11.4 Å². The van der Waals surface area contributed by atoms with Gasteiger partial charge in [-0.1, -0.05) is 6.07 Å². The number of nitrogens with zero attached hydrogens (tertiary/aromatic N) is 1. The molecule has 5 nitrogen and oxygen atoms in total. The number of hydrogen-bond donors (Lipinski definition) is 3. The molecule has 2 rings (SSSR count). The van der Waals surface area contributed by atoms with Gasteiger partial charge in [0.2, 0.25) is 0 Å². The zero-order valence-electron chi connectivity index (χ0n) is 9.76. The predicted octanol–water partition coefficient (Wildman–Crippen LogP) is 1.18. The van der Waals surface area contributed by atoms with Gasteiger partial charge in [0.1, 0.15) is 0 Å². The number of amides is 1. The minimum atomic E-state index is -0.210. The van der Waals surface area contributed by atoms with Gasteiger partial charge in [-0.25, -0.2) is 0 Å². The van der Waals surface area contributed by atoms with E-state index < -0.39 is 0 Å². The maximum Gasteiger partial charge on any atom is 0.251 e. The predicted molar refractivity (Wildman–Crippen MR) is 70.7 cm³/mol. The summed E-state index contributed by atoms with van der Waals surface area (Å²) in [5.74, 6) is -0.210. The highest BCUT2D eigenvalue weighted by Crippen LogP contribution is 2.13. The van der Waals surface area contributed by atoms with E-state index in [1.165, 1.54) is 0 Å². The van der Waals surface area contributed by atoms with Crippen molar-refractivity contribution in [2.75, 3.05) is 11.5 Å². The average Bonchev–Trinajstić information content (AvgIpc) is 2.36. The van der Waals surface area contributed by atoms with Gasteiger partial charge in [0.05, 0.1) is 0 Å². The SMILES string of the molecule is Nc1cc(N)cc(C(=O)NCc2cccnc2)c1. The summed E-state index contributed by atoms with van der Waals surface area (Å²) in [5, 5.41) is 2.78. The smallest absolute Gasteiger partial charge is 0.251 e. The van der Waals surface area contributed by atoms with E-state index in [-0.39, 0.29) is 5.91 Å². The molecule has 1 heterocycles. The zero-order valence-corrected chi connectivity index (χ0v) is 9.76. The van der Waals surface area contributed by atoms with E-state index in [2.05, 4.69) is 10.3 Å². The average molecular weight is 242 g/mol. The molecule has 18 heavy (non-hydrogen) atoms. The number of anilines is 2. The van der Waals surface area contributed by atoms with Crippen LogP contribution in [0.1, 0.15) is 15.9 Å². The van der Waals surface area contributed by atoms with Crippen LogP contribution in [-0.4, -0.2) is 10.9 Å². The molecule has 1 amide bonds. The Morgan fingerprint density at radius 1 is 1.22 bits per heavy atom. The van der Waals surface area contributed by atoms with E-state index in [1.807, 2.05) is 12.1 Å².